The van der Waals surface area contributed by atoms with Gasteiger partial charge in [-0.1, -0.05) is 18.2 Å². The van der Waals surface area contributed by atoms with Crippen LogP contribution in [0.25, 0.3) is 0 Å². The van der Waals surface area contributed by atoms with Crippen LogP contribution >= 0.6 is 0 Å². The monoisotopic (exact) mass is 244 g/mol. The van der Waals surface area contributed by atoms with Crippen LogP contribution in [0.2, 0.25) is 0 Å². The molecule has 0 spiro atoms. The van der Waals surface area contributed by atoms with Crippen molar-refractivity contribution in [1.29, 1.82) is 0 Å². The topological polar surface area (TPSA) is 29.3 Å². The highest BCUT2D eigenvalue weighted by Crippen LogP contribution is 2.35. The first-order valence-electron chi connectivity index (χ1n) is 7.29. The minimum absolute atomic E-state index is 0.648. The van der Waals surface area contributed by atoms with Crippen molar-refractivity contribution in [2.75, 3.05) is 6.54 Å². The zero-order valence-corrected chi connectivity index (χ0v) is 11.4. The molecule has 0 unspecified atom stereocenters. The Labute approximate surface area is 110 Å². The van der Waals surface area contributed by atoms with E-state index in [1.54, 1.807) is 0 Å². The summed E-state index contributed by atoms with van der Waals surface area (Å²) in [5.74, 6) is 0.995. The molecule has 2 saturated carbocycles. The fourth-order valence-electron chi connectivity index (χ4n) is 2.70. The Kier molecular flexibility index (Phi) is 3.40. The Balaban J connectivity index is 1.68. The van der Waals surface area contributed by atoms with E-state index in [1.807, 2.05) is 0 Å². The van der Waals surface area contributed by atoms with Gasteiger partial charge < -0.3 is 5.73 Å². The lowest BCUT2D eigenvalue weighted by Gasteiger charge is -2.23. The molecule has 0 aliphatic heterocycles. The number of nitrogens with zero attached hydrogens (tertiary/aromatic N) is 1. The third kappa shape index (κ3) is 2.93. The van der Waals surface area contributed by atoms with Gasteiger partial charge in [0.2, 0.25) is 0 Å². The lowest BCUT2D eigenvalue weighted by atomic mass is 10.0. The van der Waals surface area contributed by atoms with Gasteiger partial charge in [-0.05, 0) is 55.2 Å². The van der Waals surface area contributed by atoms with Gasteiger partial charge in [-0.25, -0.2) is 0 Å². The van der Waals surface area contributed by atoms with E-state index in [0.29, 0.717) is 6.54 Å². The second-order valence-electron chi connectivity index (χ2n) is 6.07. The molecule has 0 saturated heterocycles. The third-order valence-corrected chi connectivity index (χ3v) is 4.27. The molecule has 0 aromatic heterocycles. The lowest BCUT2D eigenvalue weighted by Crippen LogP contribution is -2.28. The normalized spacial score (nSPS) is 19.5. The van der Waals surface area contributed by atoms with Crippen molar-refractivity contribution in [3.8, 4) is 0 Å². The summed E-state index contributed by atoms with van der Waals surface area (Å²) < 4.78 is 0. The van der Waals surface area contributed by atoms with E-state index in [-0.39, 0.29) is 0 Å². The summed E-state index contributed by atoms with van der Waals surface area (Å²) in [6, 6.07) is 7.58. The van der Waals surface area contributed by atoms with Crippen molar-refractivity contribution in [3.05, 3.63) is 34.9 Å². The second-order valence-corrected chi connectivity index (χ2v) is 6.07. The molecule has 2 fully saturated rings. The second kappa shape index (κ2) is 5.02. The molecule has 2 heteroatoms. The molecule has 0 atom stereocenters. The highest BCUT2D eigenvalue weighted by atomic mass is 15.2. The average Bonchev–Trinajstić information content (AvgIpc) is 3.23. The van der Waals surface area contributed by atoms with E-state index in [1.165, 1.54) is 48.9 Å². The van der Waals surface area contributed by atoms with E-state index in [2.05, 4.69) is 30.0 Å². The Bertz CT molecular complexity index is 419. The summed E-state index contributed by atoms with van der Waals surface area (Å²) in [6.07, 6.45) is 5.72. The van der Waals surface area contributed by atoms with Crippen molar-refractivity contribution in [1.82, 2.24) is 4.90 Å². The molecule has 2 aliphatic rings. The molecule has 2 N–H and O–H groups in total. The van der Waals surface area contributed by atoms with Gasteiger partial charge in [-0.2, -0.15) is 0 Å². The van der Waals surface area contributed by atoms with Crippen LogP contribution in [0, 0.1) is 12.8 Å². The maximum Gasteiger partial charge on any atom is 0.0239 e. The standard InChI is InChI=1S/C16H24N2/c1-12-8-14(9-17)4-5-15(12)11-18(16-6-7-16)10-13-2-3-13/h4-5,8,13,16H,2-3,6-7,9-11,17H2,1H3. The SMILES string of the molecule is Cc1cc(CN)ccc1CN(CC1CC1)C1CC1. The van der Waals surface area contributed by atoms with Crippen molar-refractivity contribution in [3.63, 3.8) is 0 Å². The molecular formula is C16H24N2. The molecule has 2 nitrogen and oxygen atoms in total. The first-order valence-corrected chi connectivity index (χ1v) is 7.29. The molecule has 98 valence electrons. The van der Waals surface area contributed by atoms with E-state index in [4.69, 9.17) is 5.73 Å². The minimum Gasteiger partial charge on any atom is -0.326 e. The van der Waals surface area contributed by atoms with Gasteiger partial charge in [0.25, 0.3) is 0 Å². The predicted molar refractivity (Wildman–Crippen MR) is 75.2 cm³/mol. The Hall–Kier alpha value is -0.860. The summed E-state index contributed by atoms with van der Waals surface area (Å²) >= 11 is 0. The highest BCUT2D eigenvalue weighted by molar-refractivity contribution is 5.31. The van der Waals surface area contributed by atoms with Crippen LogP contribution in [0.5, 0.6) is 0 Å². The molecule has 18 heavy (non-hydrogen) atoms. The predicted octanol–water partition coefficient (Wildman–Crippen LogP) is 2.83. The van der Waals surface area contributed by atoms with Crippen molar-refractivity contribution >= 4 is 0 Å². The van der Waals surface area contributed by atoms with Gasteiger partial charge in [0.15, 0.2) is 0 Å². The fraction of sp³-hybridized carbons (Fsp3) is 0.625. The minimum atomic E-state index is 0.648. The van der Waals surface area contributed by atoms with Crippen molar-refractivity contribution in [2.24, 2.45) is 11.7 Å². The van der Waals surface area contributed by atoms with Crippen LogP contribution in [-0.2, 0) is 13.1 Å². The number of hydrogen-bond donors (Lipinski definition) is 1. The van der Waals surface area contributed by atoms with Crippen LogP contribution in [0.3, 0.4) is 0 Å². The van der Waals surface area contributed by atoms with Crippen LogP contribution in [0.4, 0.5) is 0 Å². The zero-order valence-electron chi connectivity index (χ0n) is 11.4. The largest absolute Gasteiger partial charge is 0.326 e. The lowest BCUT2D eigenvalue weighted by molar-refractivity contribution is 0.243. The molecule has 1 aromatic carbocycles. The van der Waals surface area contributed by atoms with Gasteiger partial charge in [0, 0.05) is 25.7 Å². The van der Waals surface area contributed by atoms with Gasteiger partial charge in [0.05, 0.1) is 0 Å². The quantitative estimate of drug-likeness (QED) is 0.833. The first kappa shape index (κ1) is 12.2. The van der Waals surface area contributed by atoms with Crippen LogP contribution in [0.1, 0.15) is 42.4 Å². The number of aryl methyl sites for hydroxylation is 1. The van der Waals surface area contributed by atoms with E-state index in [0.717, 1.165) is 18.5 Å². The molecule has 0 bridgehead atoms. The van der Waals surface area contributed by atoms with Crippen molar-refractivity contribution < 1.29 is 0 Å². The molecule has 3 rings (SSSR count). The number of hydrogen-bond acceptors (Lipinski definition) is 2. The summed E-state index contributed by atoms with van der Waals surface area (Å²) in [5.41, 5.74) is 9.83. The smallest absolute Gasteiger partial charge is 0.0239 e. The van der Waals surface area contributed by atoms with Gasteiger partial charge in [-0.3, -0.25) is 4.90 Å². The van der Waals surface area contributed by atoms with Crippen LogP contribution in [-0.4, -0.2) is 17.5 Å². The summed E-state index contributed by atoms with van der Waals surface area (Å²) in [4.78, 5) is 2.71. The molecular weight excluding hydrogens is 220 g/mol. The third-order valence-electron chi connectivity index (χ3n) is 4.27. The zero-order chi connectivity index (χ0) is 12.5. The molecule has 2 aliphatic carbocycles. The summed E-state index contributed by atoms with van der Waals surface area (Å²) in [6.45, 7) is 5.33. The first-order chi connectivity index (χ1) is 8.76. The Morgan fingerprint density at radius 3 is 2.56 bits per heavy atom. The van der Waals surface area contributed by atoms with Gasteiger partial charge in [0.1, 0.15) is 0 Å². The van der Waals surface area contributed by atoms with Gasteiger partial charge in [-0.15, -0.1) is 0 Å². The Morgan fingerprint density at radius 1 is 1.22 bits per heavy atom. The van der Waals surface area contributed by atoms with E-state index < -0.39 is 0 Å². The maximum absolute atomic E-state index is 5.69. The fourth-order valence-corrected chi connectivity index (χ4v) is 2.70. The van der Waals surface area contributed by atoms with E-state index in [9.17, 15) is 0 Å². The number of benzene rings is 1. The number of rotatable bonds is 6. The maximum atomic E-state index is 5.69. The van der Waals surface area contributed by atoms with Crippen molar-refractivity contribution in [2.45, 2.75) is 51.7 Å². The number of nitrogens with two attached hydrogens (primary N) is 1. The Morgan fingerprint density at radius 2 is 2.00 bits per heavy atom. The van der Waals surface area contributed by atoms with Crippen LogP contribution < -0.4 is 5.73 Å². The summed E-state index contributed by atoms with van der Waals surface area (Å²) in [7, 11) is 0. The van der Waals surface area contributed by atoms with Crippen LogP contribution in [0.15, 0.2) is 18.2 Å². The van der Waals surface area contributed by atoms with E-state index >= 15 is 0 Å². The summed E-state index contributed by atoms with van der Waals surface area (Å²) in [5, 5.41) is 0. The van der Waals surface area contributed by atoms with Gasteiger partial charge >= 0.3 is 0 Å². The molecule has 1 aromatic rings. The molecule has 0 heterocycles. The average molecular weight is 244 g/mol. The highest BCUT2D eigenvalue weighted by Gasteiger charge is 2.33. The molecule has 0 amide bonds. The molecule has 0 radical (unpaired) electrons.